The molecule has 0 bridgehead atoms. The number of carbonyl (C=O) groups is 1. The predicted octanol–water partition coefficient (Wildman–Crippen LogP) is 1.54. The highest BCUT2D eigenvalue weighted by atomic mass is 32.2. The van der Waals surface area contributed by atoms with Crippen molar-refractivity contribution >= 4 is 15.9 Å². The number of halogens is 1. The van der Waals surface area contributed by atoms with Crippen LogP contribution in [0.5, 0.6) is 0 Å². The van der Waals surface area contributed by atoms with Crippen LogP contribution in [0.2, 0.25) is 0 Å². The molecule has 0 atom stereocenters. The molecular weight excluding hydrogens is 307 g/mol. The Morgan fingerprint density at radius 1 is 1.09 bits per heavy atom. The van der Waals surface area contributed by atoms with Gasteiger partial charge >= 0.3 is 0 Å². The molecule has 22 heavy (non-hydrogen) atoms. The number of hydrogen-bond donors (Lipinski definition) is 2. The number of benzene rings is 2. The Kier molecular flexibility index (Phi) is 4.89. The molecule has 0 aromatic heterocycles. The maximum Gasteiger partial charge on any atom is 0.251 e. The Labute approximate surface area is 128 Å². The van der Waals surface area contributed by atoms with Crippen molar-refractivity contribution in [1.82, 2.24) is 5.32 Å². The number of sulfonamides is 1. The van der Waals surface area contributed by atoms with E-state index in [1.807, 2.05) is 0 Å². The van der Waals surface area contributed by atoms with Crippen molar-refractivity contribution in [2.75, 3.05) is 0 Å². The van der Waals surface area contributed by atoms with E-state index in [2.05, 4.69) is 5.32 Å². The fraction of sp³-hybridized carbons (Fsp3) is 0.133. The van der Waals surface area contributed by atoms with Gasteiger partial charge in [0.15, 0.2) is 0 Å². The van der Waals surface area contributed by atoms with Crippen LogP contribution in [-0.4, -0.2) is 14.3 Å². The molecule has 0 heterocycles. The largest absolute Gasteiger partial charge is 0.348 e. The van der Waals surface area contributed by atoms with Crippen molar-refractivity contribution in [1.29, 1.82) is 0 Å². The lowest BCUT2D eigenvalue weighted by atomic mass is 10.1. The Morgan fingerprint density at radius 3 is 2.32 bits per heavy atom. The van der Waals surface area contributed by atoms with Gasteiger partial charge in [-0.2, -0.15) is 0 Å². The minimum absolute atomic E-state index is 0.233. The lowest BCUT2D eigenvalue weighted by Crippen LogP contribution is -2.22. The van der Waals surface area contributed by atoms with Gasteiger partial charge in [-0.25, -0.2) is 17.9 Å². The Bertz CT molecular complexity index is 774. The Balaban J connectivity index is 1.96. The molecule has 0 saturated carbocycles. The summed E-state index contributed by atoms with van der Waals surface area (Å²) < 4.78 is 35.0. The predicted molar refractivity (Wildman–Crippen MR) is 80.8 cm³/mol. The molecule has 2 aromatic rings. The monoisotopic (exact) mass is 322 g/mol. The highest BCUT2D eigenvalue weighted by molar-refractivity contribution is 7.88. The summed E-state index contributed by atoms with van der Waals surface area (Å²) in [7, 11) is -3.56. The van der Waals surface area contributed by atoms with Gasteiger partial charge in [0, 0.05) is 12.1 Å². The zero-order chi connectivity index (χ0) is 16.2. The van der Waals surface area contributed by atoms with E-state index in [1.54, 1.807) is 24.3 Å². The molecule has 5 nitrogen and oxygen atoms in total. The second-order valence-electron chi connectivity index (χ2n) is 4.82. The van der Waals surface area contributed by atoms with Crippen LogP contribution in [0.15, 0.2) is 48.5 Å². The van der Waals surface area contributed by atoms with Crippen LogP contribution in [0.3, 0.4) is 0 Å². The van der Waals surface area contributed by atoms with Crippen LogP contribution in [0.25, 0.3) is 0 Å². The highest BCUT2D eigenvalue weighted by Gasteiger charge is 2.07. The van der Waals surface area contributed by atoms with Gasteiger partial charge in [-0.1, -0.05) is 30.3 Å². The molecule has 116 valence electrons. The summed E-state index contributed by atoms with van der Waals surface area (Å²) in [6.07, 6.45) is 0. The zero-order valence-corrected chi connectivity index (χ0v) is 12.4. The van der Waals surface area contributed by atoms with Crippen LogP contribution in [0.4, 0.5) is 4.39 Å². The molecular formula is C15H15FN2O3S. The van der Waals surface area contributed by atoms with E-state index < -0.39 is 15.8 Å². The number of amides is 1. The highest BCUT2D eigenvalue weighted by Crippen LogP contribution is 2.08. The van der Waals surface area contributed by atoms with E-state index in [9.17, 15) is 17.6 Å². The molecule has 0 saturated heterocycles. The van der Waals surface area contributed by atoms with Crippen LogP contribution in [0.1, 0.15) is 21.5 Å². The van der Waals surface area contributed by atoms with E-state index in [4.69, 9.17) is 5.14 Å². The second-order valence-corrected chi connectivity index (χ2v) is 6.43. The molecule has 0 aliphatic heterocycles. The lowest BCUT2D eigenvalue weighted by Gasteiger charge is -2.06. The number of rotatable bonds is 5. The average Bonchev–Trinajstić information content (AvgIpc) is 2.44. The molecule has 1 amide bonds. The van der Waals surface area contributed by atoms with Gasteiger partial charge < -0.3 is 5.32 Å². The molecule has 0 radical (unpaired) electrons. The zero-order valence-electron chi connectivity index (χ0n) is 11.6. The third-order valence-electron chi connectivity index (χ3n) is 2.93. The number of primary sulfonamides is 1. The van der Waals surface area contributed by atoms with Crippen LogP contribution < -0.4 is 10.5 Å². The molecule has 0 fully saturated rings. The summed E-state index contributed by atoms with van der Waals surface area (Å²) in [6, 6.07) is 12.1. The first kappa shape index (κ1) is 16.1. The summed E-state index contributed by atoms with van der Waals surface area (Å²) in [5, 5.41) is 7.63. The molecule has 3 N–H and O–H groups in total. The minimum atomic E-state index is -3.56. The molecule has 2 rings (SSSR count). The van der Waals surface area contributed by atoms with Crippen LogP contribution in [-0.2, 0) is 22.3 Å². The van der Waals surface area contributed by atoms with Crippen molar-refractivity contribution < 1.29 is 17.6 Å². The first-order valence-electron chi connectivity index (χ1n) is 6.45. The van der Waals surface area contributed by atoms with Gasteiger partial charge in [-0.05, 0) is 29.3 Å². The topological polar surface area (TPSA) is 89.3 Å². The molecule has 0 aliphatic carbocycles. The third kappa shape index (κ3) is 4.94. The molecule has 0 unspecified atom stereocenters. The average molecular weight is 322 g/mol. The maximum atomic E-state index is 13.0. The van der Waals surface area contributed by atoms with Crippen molar-refractivity contribution in [3.8, 4) is 0 Å². The summed E-state index contributed by atoms with van der Waals surface area (Å²) in [5.41, 5.74) is 1.61. The van der Waals surface area contributed by atoms with Crippen molar-refractivity contribution in [3.05, 3.63) is 71.0 Å². The molecule has 7 heteroatoms. The van der Waals surface area contributed by atoms with E-state index in [0.717, 1.165) is 11.6 Å². The van der Waals surface area contributed by atoms with Gasteiger partial charge in [-0.3, -0.25) is 4.79 Å². The number of hydrogen-bond acceptors (Lipinski definition) is 3. The van der Waals surface area contributed by atoms with Crippen molar-refractivity contribution in [3.63, 3.8) is 0 Å². The van der Waals surface area contributed by atoms with Crippen LogP contribution >= 0.6 is 0 Å². The maximum absolute atomic E-state index is 13.0. The quantitative estimate of drug-likeness (QED) is 0.875. The lowest BCUT2D eigenvalue weighted by molar-refractivity contribution is 0.0950. The fourth-order valence-electron chi connectivity index (χ4n) is 1.90. The first-order valence-corrected chi connectivity index (χ1v) is 8.17. The normalized spacial score (nSPS) is 11.2. The molecule has 2 aromatic carbocycles. The number of nitrogens with two attached hydrogens (primary N) is 1. The Morgan fingerprint density at radius 2 is 1.73 bits per heavy atom. The van der Waals surface area contributed by atoms with Gasteiger partial charge in [0.2, 0.25) is 10.0 Å². The SMILES string of the molecule is NS(=O)(=O)Cc1ccc(CNC(=O)c2cccc(F)c2)cc1. The fourth-order valence-corrected chi connectivity index (χ4v) is 2.56. The first-order chi connectivity index (χ1) is 10.3. The van der Waals surface area contributed by atoms with Gasteiger partial charge in [0.25, 0.3) is 5.91 Å². The van der Waals surface area contributed by atoms with Gasteiger partial charge in [0.1, 0.15) is 5.82 Å². The van der Waals surface area contributed by atoms with Gasteiger partial charge in [-0.15, -0.1) is 0 Å². The smallest absolute Gasteiger partial charge is 0.251 e. The van der Waals surface area contributed by atoms with E-state index in [-0.39, 0.29) is 23.8 Å². The second kappa shape index (κ2) is 6.67. The molecule has 0 aliphatic rings. The number of carbonyl (C=O) groups excluding carboxylic acids is 1. The van der Waals surface area contributed by atoms with Crippen LogP contribution in [0, 0.1) is 5.82 Å². The minimum Gasteiger partial charge on any atom is -0.348 e. The summed E-state index contributed by atoms with van der Waals surface area (Å²) >= 11 is 0. The standard InChI is InChI=1S/C15H15FN2O3S/c16-14-3-1-2-13(8-14)15(19)18-9-11-4-6-12(7-5-11)10-22(17,20)21/h1-8H,9-10H2,(H,18,19)(H2,17,20,21). The Hall–Kier alpha value is -2.25. The van der Waals surface area contributed by atoms with Gasteiger partial charge in [0.05, 0.1) is 5.75 Å². The van der Waals surface area contributed by atoms with E-state index in [0.29, 0.717) is 5.56 Å². The third-order valence-corrected chi connectivity index (χ3v) is 3.67. The van der Waals surface area contributed by atoms with E-state index >= 15 is 0 Å². The summed E-state index contributed by atoms with van der Waals surface area (Å²) in [4.78, 5) is 11.9. The summed E-state index contributed by atoms with van der Waals surface area (Å²) in [5.74, 6) is -1.09. The van der Waals surface area contributed by atoms with Crippen molar-refractivity contribution in [2.24, 2.45) is 5.14 Å². The van der Waals surface area contributed by atoms with Crippen molar-refractivity contribution in [2.45, 2.75) is 12.3 Å². The summed E-state index contributed by atoms with van der Waals surface area (Å²) in [6.45, 7) is 0.255. The number of nitrogens with one attached hydrogen (secondary N) is 1. The van der Waals surface area contributed by atoms with E-state index in [1.165, 1.54) is 18.2 Å². The molecule has 0 spiro atoms.